The van der Waals surface area contributed by atoms with Crippen LogP contribution in [0.1, 0.15) is 30.9 Å². The first kappa shape index (κ1) is 16.9. The number of nitrogens with two attached hydrogens (primary N) is 1. The number of fused-ring (bicyclic) bond motifs is 3. The van der Waals surface area contributed by atoms with Crippen LogP contribution >= 0.6 is 15.9 Å². The van der Waals surface area contributed by atoms with Gasteiger partial charge in [0.1, 0.15) is 22.8 Å². The van der Waals surface area contributed by atoms with Crippen molar-refractivity contribution < 1.29 is 14.3 Å². The molecule has 0 bridgehead atoms. The molecule has 2 aliphatic heterocycles. The predicted octanol–water partition coefficient (Wildman–Crippen LogP) is 2.92. The highest BCUT2D eigenvalue weighted by atomic mass is 79.9. The molecular weight excluding hydrogens is 398 g/mol. The Balaban J connectivity index is 2.15. The van der Waals surface area contributed by atoms with Gasteiger partial charge in [0.05, 0.1) is 5.57 Å². The molecule has 1 aliphatic carbocycles. The van der Waals surface area contributed by atoms with E-state index >= 15 is 0 Å². The number of benzene rings is 1. The summed E-state index contributed by atoms with van der Waals surface area (Å²) in [7, 11) is 0. The Morgan fingerprint density at radius 2 is 2.12 bits per heavy atom. The Hall–Kier alpha value is -2.59. The van der Waals surface area contributed by atoms with Crippen LogP contribution < -0.4 is 11.1 Å². The summed E-state index contributed by atoms with van der Waals surface area (Å²) in [5, 5.41) is 12.6. The number of nitrogens with zero attached hydrogens (tertiary/aromatic N) is 1. The number of halogens is 1. The van der Waals surface area contributed by atoms with Gasteiger partial charge in [-0.25, -0.2) is 0 Å². The van der Waals surface area contributed by atoms with E-state index in [4.69, 9.17) is 10.5 Å². The third-order valence-corrected chi connectivity index (χ3v) is 6.29. The topological polar surface area (TPSA) is 105 Å². The Bertz CT molecular complexity index is 1000. The second-order valence-corrected chi connectivity index (χ2v) is 7.80. The number of anilines is 1. The van der Waals surface area contributed by atoms with Gasteiger partial charge in [0.2, 0.25) is 11.8 Å². The van der Waals surface area contributed by atoms with Crippen LogP contribution in [0.2, 0.25) is 0 Å². The molecular formula is C19H16BrN3O3. The molecule has 4 rings (SSSR count). The van der Waals surface area contributed by atoms with Crippen LogP contribution in [0.15, 0.2) is 39.4 Å². The third kappa shape index (κ3) is 1.91. The number of hydrogen-bond donors (Lipinski definition) is 2. The van der Waals surface area contributed by atoms with Crippen LogP contribution in [0.5, 0.6) is 0 Å². The highest BCUT2D eigenvalue weighted by molar-refractivity contribution is 9.10. The van der Waals surface area contributed by atoms with Crippen molar-refractivity contribution in [3.63, 3.8) is 0 Å². The van der Waals surface area contributed by atoms with Gasteiger partial charge in [0.15, 0.2) is 5.78 Å². The fourth-order valence-corrected chi connectivity index (χ4v) is 4.81. The molecule has 0 fully saturated rings. The van der Waals surface area contributed by atoms with Crippen LogP contribution in [0.4, 0.5) is 5.69 Å². The fourth-order valence-electron chi connectivity index (χ4n) is 4.17. The van der Waals surface area contributed by atoms with Crippen molar-refractivity contribution in [3.05, 3.63) is 50.5 Å². The van der Waals surface area contributed by atoms with E-state index < -0.39 is 11.3 Å². The molecule has 132 valence electrons. The minimum absolute atomic E-state index is 0.0401. The van der Waals surface area contributed by atoms with Crippen molar-refractivity contribution in [1.82, 2.24) is 0 Å². The maximum Gasteiger partial charge on any atom is 0.245 e. The smallest absolute Gasteiger partial charge is 0.245 e. The molecule has 7 heteroatoms. The third-order valence-electron chi connectivity index (χ3n) is 5.27. The summed E-state index contributed by atoms with van der Waals surface area (Å²) in [5.41, 5.74) is 6.69. The normalized spacial score (nSPS) is 27.1. The van der Waals surface area contributed by atoms with Gasteiger partial charge < -0.3 is 15.8 Å². The van der Waals surface area contributed by atoms with Gasteiger partial charge in [-0.3, -0.25) is 9.59 Å². The van der Waals surface area contributed by atoms with Crippen molar-refractivity contribution in [2.24, 2.45) is 11.7 Å². The summed E-state index contributed by atoms with van der Waals surface area (Å²) in [4.78, 5) is 26.3. The number of hydrogen-bond acceptors (Lipinski definition) is 5. The Kier molecular flexibility index (Phi) is 3.53. The van der Waals surface area contributed by atoms with E-state index in [1.807, 2.05) is 26.0 Å². The number of ketones is 1. The van der Waals surface area contributed by atoms with Crippen LogP contribution in [0.3, 0.4) is 0 Å². The number of carbonyl (C=O) groups excluding carboxylic acids is 2. The molecule has 0 radical (unpaired) electrons. The highest BCUT2D eigenvalue weighted by Gasteiger charge is 2.61. The lowest BCUT2D eigenvalue weighted by atomic mass is 9.64. The van der Waals surface area contributed by atoms with Crippen LogP contribution in [0.25, 0.3) is 0 Å². The van der Waals surface area contributed by atoms with Crippen LogP contribution in [-0.2, 0) is 19.7 Å². The zero-order valence-corrected chi connectivity index (χ0v) is 15.9. The van der Waals surface area contributed by atoms with Gasteiger partial charge in [0.25, 0.3) is 0 Å². The molecule has 1 amide bonds. The number of Topliss-reactive ketones (excluding diaryl/α,β-unsaturated/α-hetero) is 1. The molecule has 1 aromatic carbocycles. The summed E-state index contributed by atoms with van der Waals surface area (Å²) in [5.74, 6) is -0.279. The van der Waals surface area contributed by atoms with Crippen molar-refractivity contribution in [2.45, 2.75) is 32.1 Å². The number of amides is 1. The van der Waals surface area contributed by atoms with Crippen LogP contribution in [0, 0.1) is 24.2 Å². The largest absolute Gasteiger partial charge is 0.444 e. The number of rotatable bonds is 0. The Morgan fingerprint density at radius 1 is 1.38 bits per heavy atom. The van der Waals surface area contributed by atoms with E-state index in [2.05, 4.69) is 21.2 Å². The maximum absolute atomic E-state index is 13.3. The Labute approximate surface area is 158 Å². The SMILES string of the molecule is Cc1ccc2c(c1Br)[C@@]1(C(=O)N2)C(C#N)=C(N)OC2=C1C(=O)C[C@@H](C)C2. The minimum atomic E-state index is -1.57. The standard InChI is InChI=1S/C19H16BrN3O3/c1-8-5-12(24)15-13(6-8)26-17(22)10(7-21)19(15)14-11(23-18(19)25)4-3-9(2)16(14)20/h3-4,8H,5-6,22H2,1-2H3,(H,23,25)/t8-,19+/m1/s1. The van der Waals surface area contributed by atoms with E-state index in [1.54, 1.807) is 6.07 Å². The summed E-state index contributed by atoms with van der Waals surface area (Å²) >= 11 is 3.55. The van der Waals surface area contributed by atoms with E-state index in [1.165, 1.54) is 0 Å². The first-order chi connectivity index (χ1) is 12.3. The summed E-state index contributed by atoms with van der Waals surface area (Å²) < 4.78 is 6.33. The van der Waals surface area contributed by atoms with Gasteiger partial charge in [-0.1, -0.05) is 28.9 Å². The highest BCUT2D eigenvalue weighted by Crippen LogP contribution is 2.56. The lowest BCUT2D eigenvalue weighted by Crippen LogP contribution is -2.47. The predicted molar refractivity (Wildman–Crippen MR) is 97.5 cm³/mol. The minimum Gasteiger partial charge on any atom is -0.444 e. The average Bonchev–Trinajstić information content (AvgIpc) is 2.84. The lowest BCUT2D eigenvalue weighted by molar-refractivity contribution is -0.123. The van der Waals surface area contributed by atoms with Crippen molar-refractivity contribution >= 4 is 33.3 Å². The Morgan fingerprint density at radius 3 is 2.81 bits per heavy atom. The molecule has 1 spiro atoms. The van der Waals surface area contributed by atoms with Crippen molar-refractivity contribution in [3.8, 4) is 6.07 Å². The first-order valence-electron chi connectivity index (χ1n) is 8.28. The molecule has 0 saturated heterocycles. The van der Waals surface area contributed by atoms with Crippen molar-refractivity contribution in [1.29, 1.82) is 5.26 Å². The van der Waals surface area contributed by atoms with Gasteiger partial charge in [-0.05, 0) is 24.5 Å². The van der Waals surface area contributed by atoms with E-state index in [9.17, 15) is 14.9 Å². The molecule has 6 nitrogen and oxygen atoms in total. The second kappa shape index (κ2) is 5.45. The quantitative estimate of drug-likeness (QED) is 0.679. The van der Waals surface area contributed by atoms with Crippen LogP contribution in [-0.4, -0.2) is 11.7 Å². The zero-order chi connectivity index (χ0) is 18.8. The lowest BCUT2D eigenvalue weighted by Gasteiger charge is -2.38. The second-order valence-electron chi connectivity index (χ2n) is 7.01. The maximum atomic E-state index is 13.3. The van der Waals surface area contributed by atoms with E-state index in [-0.39, 0.29) is 28.7 Å². The fraction of sp³-hybridized carbons (Fsp3) is 0.316. The number of nitrogens with one attached hydrogen (secondary N) is 1. The van der Waals surface area contributed by atoms with Gasteiger partial charge in [-0.15, -0.1) is 0 Å². The van der Waals surface area contributed by atoms with Gasteiger partial charge >= 0.3 is 0 Å². The number of ether oxygens (including phenoxy) is 1. The number of allylic oxidation sites excluding steroid dienone is 1. The molecule has 0 saturated carbocycles. The number of aryl methyl sites for hydroxylation is 1. The molecule has 2 atom stereocenters. The summed E-state index contributed by atoms with van der Waals surface area (Å²) in [6.45, 7) is 3.83. The molecule has 2 heterocycles. The molecule has 0 unspecified atom stereocenters. The van der Waals surface area contributed by atoms with Gasteiger partial charge in [-0.2, -0.15) is 5.26 Å². The summed E-state index contributed by atoms with van der Waals surface area (Å²) in [6, 6.07) is 5.67. The molecule has 3 N–H and O–H groups in total. The molecule has 1 aromatic rings. The number of carbonyl (C=O) groups is 2. The molecule has 3 aliphatic rings. The monoisotopic (exact) mass is 413 g/mol. The first-order valence-corrected chi connectivity index (χ1v) is 9.07. The molecule has 0 aromatic heterocycles. The summed E-state index contributed by atoms with van der Waals surface area (Å²) in [6.07, 6.45) is 0.795. The number of nitriles is 1. The molecule has 26 heavy (non-hydrogen) atoms. The van der Waals surface area contributed by atoms with Gasteiger partial charge in [0, 0.05) is 28.6 Å². The average molecular weight is 414 g/mol. The zero-order valence-electron chi connectivity index (χ0n) is 14.3. The van der Waals surface area contributed by atoms with E-state index in [0.29, 0.717) is 34.3 Å². The van der Waals surface area contributed by atoms with E-state index in [0.717, 1.165) is 5.56 Å². The van der Waals surface area contributed by atoms with Crippen molar-refractivity contribution in [2.75, 3.05) is 5.32 Å².